The van der Waals surface area contributed by atoms with Crippen LogP contribution in [0.3, 0.4) is 0 Å². The van der Waals surface area contributed by atoms with Gasteiger partial charge in [0.2, 0.25) is 5.88 Å². The number of benzene rings is 1. The van der Waals surface area contributed by atoms with Crippen molar-refractivity contribution < 1.29 is 9.47 Å². The van der Waals surface area contributed by atoms with Crippen molar-refractivity contribution in [1.29, 1.82) is 0 Å². The van der Waals surface area contributed by atoms with Gasteiger partial charge >= 0.3 is 0 Å². The van der Waals surface area contributed by atoms with E-state index in [2.05, 4.69) is 16.0 Å². The Hall–Kier alpha value is -3.08. The zero-order chi connectivity index (χ0) is 16.5. The van der Waals surface area contributed by atoms with Crippen molar-refractivity contribution in [3.63, 3.8) is 0 Å². The van der Waals surface area contributed by atoms with Gasteiger partial charge in [-0.25, -0.2) is 4.98 Å². The van der Waals surface area contributed by atoms with Gasteiger partial charge in [0, 0.05) is 29.9 Å². The molecule has 5 heteroatoms. The second kappa shape index (κ2) is 5.85. The highest BCUT2D eigenvalue weighted by atomic mass is 16.5. The van der Waals surface area contributed by atoms with E-state index in [9.17, 15) is 0 Å². The lowest BCUT2D eigenvalue weighted by Crippen LogP contribution is -1.99. The van der Waals surface area contributed by atoms with Gasteiger partial charge in [0.15, 0.2) is 0 Å². The molecule has 120 valence electrons. The van der Waals surface area contributed by atoms with E-state index in [1.54, 1.807) is 19.5 Å². The highest BCUT2D eigenvalue weighted by Gasteiger charge is 2.17. The summed E-state index contributed by atoms with van der Waals surface area (Å²) in [5.41, 5.74) is 11.6. The lowest BCUT2D eigenvalue weighted by molar-refractivity contribution is 0.357. The molecule has 1 aromatic carbocycles. The van der Waals surface area contributed by atoms with Crippen molar-refractivity contribution >= 4 is 5.69 Å². The first-order chi connectivity index (χ1) is 11.8. The second-order valence-electron chi connectivity index (χ2n) is 5.64. The molecule has 0 atom stereocenters. The zero-order valence-electron chi connectivity index (χ0n) is 13.3. The van der Waals surface area contributed by atoms with Crippen LogP contribution in [0.5, 0.6) is 11.6 Å². The third-order valence-electron chi connectivity index (χ3n) is 4.16. The summed E-state index contributed by atoms with van der Waals surface area (Å²) in [5, 5.41) is 0. The second-order valence-corrected chi connectivity index (χ2v) is 5.64. The van der Waals surface area contributed by atoms with E-state index < -0.39 is 0 Å². The summed E-state index contributed by atoms with van der Waals surface area (Å²) >= 11 is 0. The molecule has 3 aromatic rings. The van der Waals surface area contributed by atoms with Gasteiger partial charge in [-0.05, 0) is 47.5 Å². The fourth-order valence-electron chi connectivity index (χ4n) is 2.98. The van der Waals surface area contributed by atoms with Gasteiger partial charge in [0.25, 0.3) is 0 Å². The number of hydrogen-bond acceptors (Lipinski definition) is 5. The summed E-state index contributed by atoms with van der Waals surface area (Å²) in [4.78, 5) is 8.74. The first-order valence-corrected chi connectivity index (χ1v) is 7.77. The number of fused-ring (bicyclic) bond motifs is 1. The van der Waals surface area contributed by atoms with Gasteiger partial charge < -0.3 is 15.2 Å². The maximum absolute atomic E-state index is 6.08. The fraction of sp³-hybridized carbons (Fsp3) is 0.158. The van der Waals surface area contributed by atoms with Crippen LogP contribution in [-0.2, 0) is 6.42 Å². The normalized spacial score (nSPS) is 12.5. The number of pyridine rings is 2. The van der Waals surface area contributed by atoms with Crippen LogP contribution in [0.15, 0.2) is 48.8 Å². The van der Waals surface area contributed by atoms with Crippen LogP contribution in [0.4, 0.5) is 5.69 Å². The van der Waals surface area contributed by atoms with Crippen LogP contribution in [0.2, 0.25) is 0 Å². The van der Waals surface area contributed by atoms with Crippen LogP contribution in [0.25, 0.3) is 22.4 Å². The Bertz CT molecular complexity index is 895. The van der Waals surface area contributed by atoms with E-state index in [0.717, 1.165) is 41.2 Å². The molecule has 3 heterocycles. The average Bonchev–Trinajstić information content (AvgIpc) is 3.10. The predicted octanol–water partition coefficient (Wildman–Crippen LogP) is 3.34. The van der Waals surface area contributed by atoms with Crippen molar-refractivity contribution in [2.75, 3.05) is 19.5 Å². The molecule has 0 bridgehead atoms. The van der Waals surface area contributed by atoms with Crippen molar-refractivity contribution in [3.05, 3.63) is 54.4 Å². The van der Waals surface area contributed by atoms with Crippen molar-refractivity contribution in [2.45, 2.75) is 6.42 Å². The van der Waals surface area contributed by atoms with Crippen molar-refractivity contribution in [1.82, 2.24) is 9.97 Å². The molecular formula is C19H17N3O2. The first-order valence-electron chi connectivity index (χ1n) is 7.77. The van der Waals surface area contributed by atoms with Gasteiger partial charge in [-0.15, -0.1) is 0 Å². The van der Waals surface area contributed by atoms with Gasteiger partial charge in [-0.3, -0.25) is 4.98 Å². The number of nitrogens with zero attached hydrogens (tertiary/aromatic N) is 2. The minimum absolute atomic E-state index is 0.430. The molecule has 0 unspecified atom stereocenters. The number of anilines is 1. The molecule has 0 aliphatic carbocycles. The number of nitrogens with two attached hydrogens (primary N) is 1. The molecule has 0 radical (unpaired) electrons. The topological polar surface area (TPSA) is 70.3 Å². The molecule has 0 saturated heterocycles. The number of hydrogen-bond donors (Lipinski definition) is 1. The highest BCUT2D eigenvalue weighted by Crippen LogP contribution is 2.37. The molecule has 0 spiro atoms. The molecular weight excluding hydrogens is 302 g/mol. The van der Waals surface area contributed by atoms with Crippen LogP contribution in [-0.4, -0.2) is 23.7 Å². The molecule has 2 N–H and O–H groups in total. The largest absolute Gasteiger partial charge is 0.493 e. The number of nitrogen functional groups attached to an aromatic ring is 1. The van der Waals surface area contributed by atoms with E-state index >= 15 is 0 Å². The number of rotatable bonds is 3. The summed E-state index contributed by atoms with van der Waals surface area (Å²) in [6.45, 7) is 0.731. The van der Waals surface area contributed by atoms with E-state index in [-0.39, 0.29) is 0 Å². The Morgan fingerprint density at radius 2 is 1.92 bits per heavy atom. The Kier molecular flexibility index (Phi) is 3.54. The van der Waals surface area contributed by atoms with Gasteiger partial charge in [0.1, 0.15) is 5.75 Å². The number of methoxy groups -OCH3 is 1. The molecule has 4 rings (SSSR count). The summed E-state index contributed by atoms with van der Waals surface area (Å²) in [7, 11) is 1.57. The summed E-state index contributed by atoms with van der Waals surface area (Å²) in [5.74, 6) is 1.38. The summed E-state index contributed by atoms with van der Waals surface area (Å²) in [6, 6.07) is 11.9. The maximum Gasteiger partial charge on any atom is 0.237 e. The van der Waals surface area contributed by atoms with E-state index in [0.29, 0.717) is 11.6 Å². The van der Waals surface area contributed by atoms with Crippen molar-refractivity contribution in [3.8, 4) is 34.0 Å². The summed E-state index contributed by atoms with van der Waals surface area (Å²) < 4.78 is 10.9. The predicted molar refractivity (Wildman–Crippen MR) is 93.1 cm³/mol. The van der Waals surface area contributed by atoms with Crippen LogP contribution >= 0.6 is 0 Å². The lowest BCUT2D eigenvalue weighted by Gasteiger charge is -2.13. The minimum Gasteiger partial charge on any atom is -0.493 e. The summed E-state index contributed by atoms with van der Waals surface area (Å²) in [6.07, 6.45) is 4.44. The van der Waals surface area contributed by atoms with Crippen LogP contribution in [0.1, 0.15) is 5.56 Å². The van der Waals surface area contributed by atoms with E-state index in [1.165, 1.54) is 5.56 Å². The van der Waals surface area contributed by atoms with Gasteiger partial charge in [-0.2, -0.15) is 0 Å². The Morgan fingerprint density at radius 1 is 1.08 bits per heavy atom. The zero-order valence-corrected chi connectivity index (χ0v) is 13.3. The molecule has 1 aliphatic heterocycles. The quantitative estimate of drug-likeness (QED) is 0.802. The Morgan fingerprint density at radius 3 is 2.71 bits per heavy atom. The number of ether oxygens (including phenoxy) is 2. The molecule has 24 heavy (non-hydrogen) atoms. The smallest absolute Gasteiger partial charge is 0.237 e. The molecule has 0 saturated carbocycles. The van der Waals surface area contributed by atoms with Gasteiger partial charge in [-0.1, -0.05) is 0 Å². The maximum atomic E-state index is 6.08. The first kappa shape index (κ1) is 14.5. The van der Waals surface area contributed by atoms with Crippen LogP contribution in [0, 0.1) is 0 Å². The fourth-order valence-corrected chi connectivity index (χ4v) is 2.98. The van der Waals surface area contributed by atoms with Gasteiger partial charge in [0.05, 0.1) is 25.1 Å². The number of aromatic nitrogens is 2. The monoisotopic (exact) mass is 319 g/mol. The molecule has 5 nitrogen and oxygen atoms in total. The van der Waals surface area contributed by atoms with E-state index in [1.807, 2.05) is 30.3 Å². The third kappa shape index (κ3) is 2.44. The SMILES string of the molecule is COc1nc(-c2ccc3c(c2)CCO3)c(-c2ccncc2)cc1N. The third-order valence-corrected chi connectivity index (χ3v) is 4.16. The van der Waals surface area contributed by atoms with Crippen molar-refractivity contribution in [2.24, 2.45) is 0 Å². The average molecular weight is 319 g/mol. The molecule has 0 amide bonds. The molecule has 1 aliphatic rings. The Labute approximate surface area is 140 Å². The Balaban J connectivity index is 1.93. The van der Waals surface area contributed by atoms with E-state index in [4.69, 9.17) is 15.2 Å². The van der Waals surface area contributed by atoms with Crippen LogP contribution < -0.4 is 15.2 Å². The lowest BCUT2D eigenvalue weighted by atomic mass is 9.98. The molecule has 2 aromatic heterocycles. The molecule has 0 fully saturated rings. The minimum atomic E-state index is 0.430. The highest BCUT2D eigenvalue weighted by molar-refractivity contribution is 5.84. The standard InChI is InChI=1S/C19H17N3O2/c1-23-19-16(20)11-15(12-4-7-21-8-5-12)18(22-19)14-2-3-17-13(10-14)6-9-24-17/h2-5,7-8,10-11H,6,9,20H2,1H3.